The zero-order valence-electron chi connectivity index (χ0n) is 23.8. The number of ketones is 3. The lowest BCUT2D eigenvalue weighted by Gasteiger charge is -2.36. The van der Waals surface area contributed by atoms with Crippen molar-refractivity contribution in [2.75, 3.05) is 21.3 Å². The highest BCUT2D eigenvalue weighted by molar-refractivity contribution is 6.31. The van der Waals surface area contributed by atoms with E-state index in [1.165, 1.54) is 14.2 Å². The van der Waals surface area contributed by atoms with E-state index in [0.717, 1.165) is 11.1 Å². The lowest BCUT2D eigenvalue weighted by molar-refractivity contribution is 0.0586. The van der Waals surface area contributed by atoms with Crippen LogP contribution in [0.25, 0.3) is 0 Å². The van der Waals surface area contributed by atoms with Gasteiger partial charge in [-0.25, -0.2) is 0 Å². The molecule has 4 aromatic rings. The molecule has 1 spiro atoms. The average molecular weight is 573 g/mol. The summed E-state index contributed by atoms with van der Waals surface area (Å²) in [6.07, 6.45) is 1.70. The van der Waals surface area contributed by atoms with Gasteiger partial charge in [0.05, 0.1) is 33.6 Å². The number of methoxy groups -OCH3 is 3. The lowest BCUT2D eigenvalue weighted by atomic mass is 9.63. The number of hydrogen-bond acceptors (Lipinski definition) is 8. The van der Waals surface area contributed by atoms with E-state index < -0.39 is 23.4 Å². The molecule has 0 radical (unpaired) electrons. The minimum atomic E-state index is -1.68. The average Bonchev–Trinajstić information content (AvgIpc) is 3.50. The van der Waals surface area contributed by atoms with Crippen molar-refractivity contribution in [3.63, 3.8) is 0 Å². The van der Waals surface area contributed by atoms with E-state index in [9.17, 15) is 14.4 Å². The van der Waals surface area contributed by atoms with Crippen molar-refractivity contribution in [3.8, 4) is 17.2 Å². The van der Waals surface area contributed by atoms with Crippen molar-refractivity contribution in [2.45, 2.75) is 18.0 Å². The number of carbonyl (C=O) groups is 3. The van der Waals surface area contributed by atoms with E-state index in [1.807, 2.05) is 24.3 Å². The van der Waals surface area contributed by atoms with Gasteiger partial charge in [0.25, 0.3) is 0 Å². The summed E-state index contributed by atoms with van der Waals surface area (Å²) in [4.78, 5) is 44.4. The third kappa shape index (κ3) is 3.62. The van der Waals surface area contributed by atoms with Crippen LogP contribution in [0.1, 0.15) is 59.7 Å². The Morgan fingerprint density at radius 3 is 2.07 bits per heavy atom. The Hall–Kier alpha value is -5.24. The molecule has 0 saturated carbocycles. The Bertz CT molecular complexity index is 1790. The Kier molecular flexibility index (Phi) is 6.16. The van der Waals surface area contributed by atoms with E-state index in [-0.39, 0.29) is 17.3 Å². The summed E-state index contributed by atoms with van der Waals surface area (Å²) in [5, 5.41) is 6.48. The molecular formula is C35H28N2O6. The molecule has 0 N–H and O–H groups in total. The highest BCUT2D eigenvalue weighted by Crippen LogP contribution is 2.65. The van der Waals surface area contributed by atoms with Gasteiger partial charge in [0.1, 0.15) is 17.2 Å². The van der Waals surface area contributed by atoms with Crippen LogP contribution in [0.4, 0.5) is 0 Å². The first-order valence-corrected chi connectivity index (χ1v) is 14.0. The van der Waals surface area contributed by atoms with Gasteiger partial charge < -0.3 is 14.2 Å². The second-order valence-electron chi connectivity index (χ2n) is 10.9. The highest BCUT2D eigenvalue weighted by Gasteiger charge is 2.72. The quantitative estimate of drug-likeness (QED) is 0.222. The van der Waals surface area contributed by atoms with Crippen molar-refractivity contribution in [2.24, 2.45) is 10.5 Å². The van der Waals surface area contributed by atoms with Gasteiger partial charge in [-0.1, -0.05) is 54.6 Å². The third-order valence-corrected chi connectivity index (χ3v) is 8.99. The monoisotopic (exact) mass is 572 g/mol. The van der Waals surface area contributed by atoms with Gasteiger partial charge in [-0.15, -0.1) is 0 Å². The van der Waals surface area contributed by atoms with Gasteiger partial charge >= 0.3 is 0 Å². The molecule has 43 heavy (non-hydrogen) atoms. The molecule has 8 heteroatoms. The van der Waals surface area contributed by atoms with Gasteiger partial charge in [0.2, 0.25) is 0 Å². The maximum Gasteiger partial charge on any atom is 0.187 e. The van der Waals surface area contributed by atoms with Gasteiger partial charge in [0.15, 0.2) is 28.8 Å². The largest absolute Gasteiger partial charge is 0.497 e. The zero-order chi connectivity index (χ0) is 29.9. The SMILES string of the molecule is COc1ccc(C(=O)[C@@H]2[C@@H](c3ccc(OC)c(OC)c3)C3(C(=O)c4ccccc4C3=O)[C@@H]3c4ccccc4C=NN23)cc1. The first kappa shape index (κ1) is 26.6. The van der Waals surface area contributed by atoms with Crippen LogP contribution in [0.15, 0.2) is 96.1 Å². The van der Waals surface area contributed by atoms with Crippen LogP contribution < -0.4 is 14.2 Å². The number of rotatable bonds is 6. The summed E-state index contributed by atoms with van der Waals surface area (Å²) in [5.41, 5.74) is 1.60. The molecule has 8 nitrogen and oxygen atoms in total. The smallest absolute Gasteiger partial charge is 0.187 e. The topological polar surface area (TPSA) is 94.5 Å². The van der Waals surface area contributed by atoms with Gasteiger partial charge in [-0.3, -0.25) is 19.4 Å². The summed E-state index contributed by atoms with van der Waals surface area (Å²) in [6, 6.07) is 24.8. The van der Waals surface area contributed by atoms with Crippen LogP contribution in [-0.4, -0.2) is 55.9 Å². The predicted octanol–water partition coefficient (Wildman–Crippen LogP) is 5.52. The van der Waals surface area contributed by atoms with Crippen LogP contribution >= 0.6 is 0 Å². The van der Waals surface area contributed by atoms with Crippen molar-refractivity contribution in [1.82, 2.24) is 5.01 Å². The fraction of sp³-hybridized carbons (Fsp3) is 0.200. The molecule has 214 valence electrons. The minimum Gasteiger partial charge on any atom is -0.497 e. The summed E-state index contributed by atoms with van der Waals surface area (Å²) in [5.74, 6) is -0.297. The van der Waals surface area contributed by atoms with Crippen molar-refractivity contribution < 1.29 is 28.6 Å². The van der Waals surface area contributed by atoms with Gasteiger partial charge in [-0.05, 0) is 53.1 Å². The van der Waals surface area contributed by atoms with Crippen LogP contribution in [0.5, 0.6) is 17.2 Å². The number of carbonyl (C=O) groups excluding carboxylic acids is 3. The first-order valence-electron chi connectivity index (χ1n) is 14.0. The maximum absolute atomic E-state index is 14.9. The molecule has 0 aromatic heterocycles. The fourth-order valence-corrected chi connectivity index (χ4v) is 7.12. The summed E-state index contributed by atoms with van der Waals surface area (Å²) in [6.45, 7) is 0. The number of hydrogen-bond donors (Lipinski definition) is 0. The van der Waals surface area contributed by atoms with E-state index in [0.29, 0.717) is 39.5 Å². The summed E-state index contributed by atoms with van der Waals surface area (Å²) >= 11 is 0. The lowest BCUT2D eigenvalue weighted by Crippen LogP contribution is -2.43. The molecule has 7 rings (SSSR count). The number of fused-ring (bicyclic) bond motifs is 5. The molecule has 1 aliphatic carbocycles. The van der Waals surface area contributed by atoms with E-state index in [2.05, 4.69) is 0 Å². The van der Waals surface area contributed by atoms with E-state index in [4.69, 9.17) is 19.3 Å². The number of hydrazone groups is 1. The summed E-state index contributed by atoms with van der Waals surface area (Å²) in [7, 11) is 4.62. The van der Waals surface area contributed by atoms with Crippen LogP contribution in [0.3, 0.4) is 0 Å². The van der Waals surface area contributed by atoms with Crippen molar-refractivity contribution in [1.29, 1.82) is 0 Å². The van der Waals surface area contributed by atoms with E-state index in [1.54, 1.807) is 85.1 Å². The number of Topliss-reactive ketones (excluding diaryl/α,β-unsaturated/α-hetero) is 3. The Labute approximate surface area is 248 Å². The Morgan fingerprint density at radius 1 is 0.767 bits per heavy atom. The van der Waals surface area contributed by atoms with E-state index >= 15 is 0 Å². The van der Waals surface area contributed by atoms with Gasteiger partial charge in [-0.2, -0.15) is 5.10 Å². The first-order chi connectivity index (χ1) is 20.9. The molecular weight excluding hydrogens is 544 g/mol. The Morgan fingerprint density at radius 2 is 1.42 bits per heavy atom. The van der Waals surface area contributed by atoms with Crippen LogP contribution in [-0.2, 0) is 0 Å². The van der Waals surface area contributed by atoms with Crippen molar-refractivity contribution >= 4 is 23.6 Å². The fourth-order valence-electron chi connectivity index (χ4n) is 7.12. The summed E-state index contributed by atoms with van der Waals surface area (Å²) < 4.78 is 16.5. The Balaban J connectivity index is 1.54. The standard InChI is InChI=1S/C35H28N2O6/c1-41-23-15-12-20(13-16-23)31(38)30-29(21-14-17-27(42-2)28(18-21)43-3)35(33(39)25-10-6-7-11-26(25)34(35)40)32-24-9-5-4-8-22(24)19-36-37(30)32/h4-19,29-30,32H,1-3H3/t29-,30+,32+/m1/s1. The predicted molar refractivity (Wildman–Crippen MR) is 160 cm³/mol. The minimum absolute atomic E-state index is 0.266. The molecule has 0 amide bonds. The molecule has 2 aliphatic heterocycles. The molecule has 1 fully saturated rings. The molecule has 0 bridgehead atoms. The zero-order valence-corrected chi connectivity index (χ0v) is 23.8. The molecule has 0 unspecified atom stereocenters. The van der Waals surface area contributed by atoms with Crippen LogP contribution in [0, 0.1) is 5.41 Å². The molecule has 2 heterocycles. The normalized spacial score (nSPS) is 20.9. The van der Waals surface area contributed by atoms with Crippen molar-refractivity contribution in [3.05, 3.63) is 124 Å². The van der Waals surface area contributed by atoms with Gasteiger partial charge in [0, 0.05) is 22.6 Å². The molecule has 3 atom stereocenters. The molecule has 3 aliphatic rings. The second kappa shape index (κ2) is 9.94. The second-order valence-corrected chi connectivity index (χ2v) is 10.9. The maximum atomic E-state index is 14.9. The molecule has 4 aromatic carbocycles. The number of ether oxygens (including phenoxy) is 3. The highest BCUT2D eigenvalue weighted by atomic mass is 16.5. The van der Waals surface area contributed by atoms with Crippen LogP contribution in [0.2, 0.25) is 0 Å². The third-order valence-electron chi connectivity index (χ3n) is 8.99. The number of nitrogens with zero attached hydrogens (tertiary/aromatic N) is 2. The molecule has 1 saturated heterocycles. The number of benzene rings is 4.